The maximum absolute atomic E-state index is 10.0. The lowest BCUT2D eigenvalue weighted by Crippen LogP contribution is -2.58. The van der Waals surface area contributed by atoms with Crippen LogP contribution in [-0.2, 0) is 4.74 Å². The van der Waals surface area contributed by atoms with Gasteiger partial charge in [-0.2, -0.15) is 0 Å². The van der Waals surface area contributed by atoms with Gasteiger partial charge in [0.05, 0.1) is 0 Å². The van der Waals surface area contributed by atoms with Crippen molar-refractivity contribution < 1.29 is 30.3 Å². The van der Waals surface area contributed by atoms with Gasteiger partial charge in [0.2, 0.25) is 0 Å². The number of rotatable bonds is 2. The molecule has 6 atom stereocenters. The van der Waals surface area contributed by atoms with E-state index in [0.29, 0.717) is 5.56 Å². The standard InChI is InChI=1S/C12H16O6/c13-7(6-4-2-1-3-5-6)11-9(15)8(14)10(16)12(17)18-11/h1-5,7-17H/t7-,8-,9-,10+,11+,12?/m0/s1. The SMILES string of the molecule is OC1O[C@H]([C@@H](O)c2ccccc2)[C@@H](O)[C@H](O)[C@H]1O. The second-order valence-corrected chi connectivity index (χ2v) is 4.32. The zero-order valence-electron chi connectivity index (χ0n) is 9.50. The van der Waals surface area contributed by atoms with Gasteiger partial charge in [0.15, 0.2) is 6.29 Å². The van der Waals surface area contributed by atoms with Crippen LogP contribution in [0.4, 0.5) is 0 Å². The number of hydrogen-bond donors (Lipinski definition) is 5. The summed E-state index contributed by atoms with van der Waals surface area (Å²) in [4.78, 5) is 0. The van der Waals surface area contributed by atoms with Gasteiger partial charge in [0.1, 0.15) is 30.5 Å². The predicted octanol–water partition coefficient (Wildman–Crippen LogP) is -1.48. The van der Waals surface area contributed by atoms with Crippen LogP contribution in [0.3, 0.4) is 0 Å². The van der Waals surface area contributed by atoms with E-state index < -0.39 is 36.8 Å². The molecular formula is C12H16O6. The van der Waals surface area contributed by atoms with Gasteiger partial charge >= 0.3 is 0 Å². The van der Waals surface area contributed by atoms with Crippen LogP contribution in [0.1, 0.15) is 11.7 Å². The van der Waals surface area contributed by atoms with Crippen molar-refractivity contribution in [2.75, 3.05) is 0 Å². The molecule has 0 aliphatic carbocycles. The Kier molecular flexibility index (Phi) is 3.96. The molecule has 6 nitrogen and oxygen atoms in total. The lowest BCUT2D eigenvalue weighted by atomic mass is 9.92. The second kappa shape index (κ2) is 5.31. The quantitative estimate of drug-likeness (QED) is 0.441. The minimum absolute atomic E-state index is 0.484. The van der Waals surface area contributed by atoms with Gasteiger partial charge in [0.25, 0.3) is 0 Å². The van der Waals surface area contributed by atoms with Crippen LogP contribution < -0.4 is 0 Å². The minimum atomic E-state index is -1.65. The van der Waals surface area contributed by atoms with Crippen LogP contribution in [0.5, 0.6) is 0 Å². The molecule has 18 heavy (non-hydrogen) atoms. The molecule has 0 saturated carbocycles. The van der Waals surface area contributed by atoms with Crippen LogP contribution in [0.25, 0.3) is 0 Å². The highest BCUT2D eigenvalue weighted by Crippen LogP contribution is 2.29. The summed E-state index contributed by atoms with van der Waals surface area (Å²) in [5.74, 6) is 0. The molecule has 0 bridgehead atoms. The van der Waals surface area contributed by atoms with Crippen LogP contribution in [0, 0.1) is 0 Å². The summed E-state index contributed by atoms with van der Waals surface area (Å²) in [6.45, 7) is 0. The van der Waals surface area contributed by atoms with Gasteiger partial charge in [-0.25, -0.2) is 0 Å². The third-order valence-corrected chi connectivity index (χ3v) is 3.08. The molecule has 0 radical (unpaired) electrons. The van der Waals surface area contributed by atoms with Crippen molar-refractivity contribution in [1.82, 2.24) is 0 Å². The van der Waals surface area contributed by atoms with E-state index in [4.69, 9.17) is 4.74 Å². The summed E-state index contributed by atoms with van der Waals surface area (Å²) in [6.07, 6.45) is -8.72. The zero-order valence-corrected chi connectivity index (χ0v) is 9.50. The third kappa shape index (κ3) is 2.39. The van der Waals surface area contributed by atoms with Crippen molar-refractivity contribution in [3.63, 3.8) is 0 Å². The average Bonchev–Trinajstić information content (AvgIpc) is 2.41. The van der Waals surface area contributed by atoms with Gasteiger partial charge in [-0.3, -0.25) is 0 Å². The van der Waals surface area contributed by atoms with Crippen LogP contribution in [-0.4, -0.2) is 56.2 Å². The maximum Gasteiger partial charge on any atom is 0.184 e. The smallest absolute Gasteiger partial charge is 0.184 e. The van der Waals surface area contributed by atoms with E-state index in [1.165, 1.54) is 0 Å². The molecule has 5 N–H and O–H groups in total. The first-order valence-corrected chi connectivity index (χ1v) is 5.63. The summed E-state index contributed by atoms with van der Waals surface area (Å²) in [6, 6.07) is 8.43. The maximum atomic E-state index is 10.0. The van der Waals surface area contributed by atoms with E-state index in [1.807, 2.05) is 0 Å². The molecule has 1 heterocycles. The largest absolute Gasteiger partial charge is 0.387 e. The highest BCUT2D eigenvalue weighted by molar-refractivity contribution is 5.19. The highest BCUT2D eigenvalue weighted by Gasteiger charge is 2.46. The minimum Gasteiger partial charge on any atom is -0.387 e. The molecule has 1 aliphatic heterocycles. The van der Waals surface area contributed by atoms with Crippen LogP contribution in [0.2, 0.25) is 0 Å². The fraction of sp³-hybridized carbons (Fsp3) is 0.500. The molecule has 1 aromatic rings. The molecular weight excluding hydrogens is 240 g/mol. The van der Waals surface area contributed by atoms with E-state index in [2.05, 4.69) is 0 Å². The lowest BCUT2D eigenvalue weighted by molar-refractivity contribution is -0.297. The third-order valence-electron chi connectivity index (χ3n) is 3.08. The van der Waals surface area contributed by atoms with E-state index in [9.17, 15) is 25.5 Å². The number of aliphatic hydroxyl groups is 5. The summed E-state index contributed by atoms with van der Waals surface area (Å²) in [5.41, 5.74) is 0.484. The molecule has 0 aromatic heterocycles. The average molecular weight is 256 g/mol. The molecule has 1 unspecified atom stereocenters. The van der Waals surface area contributed by atoms with Crippen molar-refractivity contribution in [1.29, 1.82) is 0 Å². The first-order chi connectivity index (χ1) is 8.52. The van der Waals surface area contributed by atoms with E-state index in [0.717, 1.165) is 0 Å². The van der Waals surface area contributed by atoms with Crippen molar-refractivity contribution >= 4 is 0 Å². The van der Waals surface area contributed by atoms with Crippen LogP contribution >= 0.6 is 0 Å². The van der Waals surface area contributed by atoms with E-state index in [1.54, 1.807) is 30.3 Å². The molecule has 6 heteroatoms. The van der Waals surface area contributed by atoms with Gasteiger partial charge in [-0.1, -0.05) is 30.3 Å². The summed E-state index contributed by atoms with van der Waals surface area (Å²) in [5, 5.41) is 48.0. The summed E-state index contributed by atoms with van der Waals surface area (Å²) in [7, 11) is 0. The number of aliphatic hydroxyl groups excluding tert-OH is 5. The molecule has 0 amide bonds. The van der Waals surface area contributed by atoms with Crippen molar-refractivity contribution in [3.8, 4) is 0 Å². The predicted molar refractivity (Wildman–Crippen MR) is 60.3 cm³/mol. The Balaban J connectivity index is 2.18. The summed E-state index contributed by atoms with van der Waals surface area (Å²) >= 11 is 0. The molecule has 100 valence electrons. The highest BCUT2D eigenvalue weighted by atomic mass is 16.6. The van der Waals surface area contributed by atoms with E-state index in [-0.39, 0.29) is 0 Å². The fourth-order valence-electron chi connectivity index (χ4n) is 1.99. The topological polar surface area (TPSA) is 110 Å². The Hall–Kier alpha value is -1.02. The Morgan fingerprint density at radius 2 is 1.50 bits per heavy atom. The lowest BCUT2D eigenvalue weighted by Gasteiger charge is -2.40. The van der Waals surface area contributed by atoms with Crippen molar-refractivity contribution in [3.05, 3.63) is 35.9 Å². The van der Waals surface area contributed by atoms with Gasteiger partial charge in [-0.15, -0.1) is 0 Å². The number of benzene rings is 1. The first-order valence-electron chi connectivity index (χ1n) is 5.63. The van der Waals surface area contributed by atoms with Gasteiger partial charge in [-0.05, 0) is 5.56 Å². The molecule has 1 aliphatic rings. The first kappa shape index (κ1) is 13.4. The Bertz CT molecular complexity index is 383. The fourth-order valence-corrected chi connectivity index (χ4v) is 1.99. The Morgan fingerprint density at radius 3 is 2.11 bits per heavy atom. The van der Waals surface area contributed by atoms with Crippen LogP contribution in [0.15, 0.2) is 30.3 Å². The molecule has 0 spiro atoms. The molecule has 1 aromatic carbocycles. The Morgan fingerprint density at radius 1 is 0.889 bits per heavy atom. The molecule has 2 rings (SSSR count). The van der Waals surface area contributed by atoms with Gasteiger partial charge < -0.3 is 30.3 Å². The normalized spacial score (nSPS) is 38.4. The molecule has 1 saturated heterocycles. The van der Waals surface area contributed by atoms with E-state index >= 15 is 0 Å². The summed E-state index contributed by atoms with van der Waals surface area (Å²) < 4.78 is 4.94. The van der Waals surface area contributed by atoms with Crippen molar-refractivity contribution in [2.45, 2.75) is 36.8 Å². The zero-order chi connectivity index (χ0) is 13.3. The Labute approximate surface area is 104 Å². The monoisotopic (exact) mass is 256 g/mol. The van der Waals surface area contributed by atoms with Crippen molar-refractivity contribution in [2.24, 2.45) is 0 Å². The molecule has 1 fully saturated rings. The number of hydrogen-bond acceptors (Lipinski definition) is 6. The second-order valence-electron chi connectivity index (χ2n) is 4.32. The van der Waals surface area contributed by atoms with Gasteiger partial charge in [0, 0.05) is 0 Å². The number of ether oxygens (including phenoxy) is 1.